The number of aromatic nitrogens is 2. The van der Waals surface area contributed by atoms with E-state index >= 15 is 0 Å². The lowest BCUT2D eigenvalue weighted by atomic mass is 10.2. The predicted molar refractivity (Wildman–Crippen MR) is 68.3 cm³/mol. The van der Waals surface area contributed by atoms with Gasteiger partial charge in [0.05, 0.1) is 4.90 Å². The second kappa shape index (κ2) is 4.50. The van der Waals surface area contributed by atoms with E-state index < -0.39 is 10.0 Å². The van der Waals surface area contributed by atoms with Crippen LogP contribution < -0.4 is 4.72 Å². The molecule has 1 aromatic carbocycles. The maximum Gasteiger partial charge on any atom is 0.264 e. The van der Waals surface area contributed by atoms with Gasteiger partial charge in [-0.15, -0.1) is 0 Å². The highest BCUT2D eigenvalue weighted by Gasteiger charge is 2.15. The minimum absolute atomic E-state index is 0.200. The fourth-order valence-corrected chi connectivity index (χ4v) is 2.60. The van der Waals surface area contributed by atoms with Gasteiger partial charge in [0.2, 0.25) is 5.95 Å². The number of nitrogens with one attached hydrogen (secondary N) is 2. The fourth-order valence-electron chi connectivity index (χ4n) is 1.29. The number of aromatic amines is 1. The number of anilines is 1. The molecule has 0 atom stereocenters. The Hall–Kier alpha value is -1.34. The zero-order chi connectivity index (χ0) is 12.5. The highest BCUT2D eigenvalue weighted by Crippen LogP contribution is 2.21. The fraction of sp³-hybridized carbons (Fsp3) is 0.100. The molecule has 2 aromatic rings. The maximum absolute atomic E-state index is 12.0. The molecule has 1 heterocycles. The van der Waals surface area contributed by atoms with Crippen LogP contribution in [0.1, 0.15) is 5.56 Å². The van der Waals surface area contributed by atoms with Crippen molar-refractivity contribution in [1.82, 2.24) is 9.97 Å². The zero-order valence-electron chi connectivity index (χ0n) is 8.94. The number of H-pyrrole nitrogens is 1. The Morgan fingerprint density at radius 2 is 2.18 bits per heavy atom. The van der Waals surface area contributed by atoms with Crippen molar-refractivity contribution in [2.75, 3.05) is 4.72 Å². The van der Waals surface area contributed by atoms with E-state index in [1.54, 1.807) is 18.3 Å². The summed E-state index contributed by atoms with van der Waals surface area (Å²) in [5.41, 5.74) is 0.854. The average molecular weight is 316 g/mol. The van der Waals surface area contributed by atoms with E-state index in [4.69, 9.17) is 0 Å². The smallest absolute Gasteiger partial charge is 0.264 e. The van der Waals surface area contributed by atoms with Gasteiger partial charge in [-0.25, -0.2) is 18.1 Å². The molecule has 0 fully saturated rings. The number of hydrogen-bond acceptors (Lipinski definition) is 3. The van der Waals surface area contributed by atoms with Gasteiger partial charge in [0.15, 0.2) is 0 Å². The molecule has 7 heteroatoms. The SMILES string of the molecule is Cc1cc(S(=O)(=O)Nc2ncc[nH]2)ccc1Br. The first kappa shape index (κ1) is 12.1. The van der Waals surface area contributed by atoms with E-state index in [-0.39, 0.29) is 10.8 Å². The van der Waals surface area contributed by atoms with Crippen LogP contribution in [-0.2, 0) is 10.0 Å². The van der Waals surface area contributed by atoms with Crippen molar-refractivity contribution in [3.05, 3.63) is 40.6 Å². The normalized spacial score (nSPS) is 11.4. The number of imidazole rings is 1. The Morgan fingerprint density at radius 3 is 2.76 bits per heavy atom. The molecule has 90 valence electrons. The third kappa shape index (κ3) is 2.67. The lowest BCUT2D eigenvalue weighted by Crippen LogP contribution is -2.14. The summed E-state index contributed by atoms with van der Waals surface area (Å²) in [6.07, 6.45) is 3.02. The van der Waals surface area contributed by atoms with Crippen molar-refractivity contribution in [1.29, 1.82) is 0 Å². The van der Waals surface area contributed by atoms with Gasteiger partial charge < -0.3 is 4.98 Å². The highest BCUT2D eigenvalue weighted by atomic mass is 79.9. The van der Waals surface area contributed by atoms with E-state index in [2.05, 4.69) is 30.6 Å². The first-order valence-corrected chi connectivity index (χ1v) is 7.05. The molecule has 0 saturated carbocycles. The van der Waals surface area contributed by atoms with Gasteiger partial charge in [-0.2, -0.15) is 0 Å². The summed E-state index contributed by atoms with van der Waals surface area (Å²) in [5, 5.41) is 0. The number of aryl methyl sites for hydroxylation is 1. The van der Waals surface area contributed by atoms with Crippen molar-refractivity contribution in [3.63, 3.8) is 0 Å². The molecule has 0 radical (unpaired) electrons. The summed E-state index contributed by atoms with van der Waals surface area (Å²) < 4.78 is 27.2. The van der Waals surface area contributed by atoms with Crippen LogP contribution in [0.15, 0.2) is 40.0 Å². The molecule has 2 rings (SSSR count). The van der Waals surface area contributed by atoms with Crippen molar-refractivity contribution in [2.24, 2.45) is 0 Å². The van der Waals surface area contributed by atoms with Crippen LogP contribution in [0.5, 0.6) is 0 Å². The van der Waals surface area contributed by atoms with Gasteiger partial charge in [-0.05, 0) is 30.7 Å². The topological polar surface area (TPSA) is 74.8 Å². The number of nitrogens with zero attached hydrogens (tertiary/aromatic N) is 1. The quantitative estimate of drug-likeness (QED) is 0.912. The van der Waals surface area contributed by atoms with Gasteiger partial charge in [-0.3, -0.25) is 0 Å². The summed E-state index contributed by atoms with van der Waals surface area (Å²) in [6.45, 7) is 1.83. The predicted octanol–water partition coefficient (Wildman–Crippen LogP) is 2.28. The summed E-state index contributed by atoms with van der Waals surface area (Å²) in [4.78, 5) is 6.69. The largest absolute Gasteiger partial charge is 0.330 e. The lowest BCUT2D eigenvalue weighted by Gasteiger charge is -2.06. The van der Waals surface area contributed by atoms with Gasteiger partial charge in [0.25, 0.3) is 10.0 Å². The zero-order valence-corrected chi connectivity index (χ0v) is 11.3. The Kier molecular flexibility index (Phi) is 3.21. The monoisotopic (exact) mass is 315 g/mol. The van der Waals surface area contributed by atoms with Gasteiger partial charge >= 0.3 is 0 Å². The van der Waals surface area contributed by atoms with Gasteiger partial charge in [-0.1, -0.05) is 15.9 Å². The molecule has 0 aliphatic rings. The molecule has 0 saturated heterocycles. The van der Waals surface area contributed by atoms with Crippen LogP contribution in [0.3, 0.4) is 0 Å². The van der Waals surface area contributed by atoms with Crippen molar-refractivity contribution >= 4 is 31.9 Å². The molecular formula is C10H10BrN3O2S. The molecule has 0 bridgehead atoms. The van der Waals surface area contributed by atoms with E-state index in [1.165, 1.54) is 12.3 Å². The molecule has 2 N–H and O–H groups in total. The van der Waals surface area contributed by atoms with Crippen LogP contribution in [0.2, 0.25) is 0 Å². The molecule has 5 nitrogen and oxygen atoms in total. The first-order chi connectivity index (χ1) is 7.99. The van der Waals surface area contributed by atoms with E-state index in [0.29, 0.717) is 0 Å². The number of benzene rings is 1. The number of sulfonamides is 1. The Bertz CT molecular complexity index is 623. The molecule has 0 spiro atoms. The Labute approximate surface area is 107 Å². The Morgan fingerprint density at radius 1 is 1.41 bits per heavy atom. The van der Waals surface area contributed by atoms with Crippen LogP contribution in [0.4, 0.5) is 5.95 Å². The molecule has 0 unspecified atom stereocenters. The van der Waals surface area contributed by atoms with Crippen LogP contribution in [-0.4, -0.2) is 18.4 Å². The lowest BCUT2D eigenvalue weighted by molar-refractivity contribution is 0.601. The second-order valence-electron chi connectivity index (χ2n) is 3.45. The Balaban J connectivity index is 2.35. The average Bonchev–Trinajstić information content (AvgIpc) is 2.73. The van der Waals surface area contributed by atoms with Gasteiger partial charge in [0.1, 0.15) is 0 Å². The summed E-state index contributed by atoms with van der Waals surface area (Å²) in [7, 11) is -3.59. The maximum atomic E-state index is 12.0. The van der Waals surface area contributed by atoms with E-state index in [1.807, 2.05) is 6.92 Å². The molecular weight excluding hydrogens is 306 g/mol. The highest BCUT2D eigenvalue weighted by molar-refractivity contribution is 9.10. The van der Waals surface area contributed by atoms with E-state index in [0.717, 1.165) is 10.0 Å². The number of halogens is 1. The molecule has 0 amide bonds. The van der Waals surface area contributed by atoms with Crippen molar-refractivity contribution < 1.29 is 8.42 Å². The third-order valence-electron chi connectivity index (χ3n) is 2.17. The number of rotatable bonds is 3. The van der Waals surface area contributed by atoms with Crippen LogP contribution in [0, 0.1) is 6.92 Å². The molecule has 17 heavy (non-hydrogen) atoms. The number of hydrogen-bond donors (Lipinski definition) is 2. The minimum Gasteiger partial charge on any atom is -0.330 e. The molecule has 0 aliphatic carbocycles. The summed E-state index contributed by atoms with van der Waals surface area (Å²) >= 11 is 3.32. The van der Waals surface area contributed by atoms with Crippen LogP contribution >= 0.6 is 15.9 Å². The molecule has 1 aromatic heterocycles. The van der Waals surface area contributed by atoms with Crippen molar-refractivity contribution in [3.8, 4) is 0 Å². The standard InChI is InChI=1S/C10H10BrN3O2S/c1-7-6-8(2-3-9(7)11)17(15,16)14-10-12-4-5-13-10/h2-6H,1H3,(H2,12,13,14). The van der Waals surface area contributed by atoms with Crippen molar-refractivity contribution in [2.45, 2.75) is 11.8 Å². The molecule has 0 aliphatic heterocycles. The third-order valence-corrected chi connectivity index (χ3v) is 4.40. The minimum atomic E-state index is -3.59. The first-order valence-electron chi connectivity index (χ1n) is 4.77. The van der Waals surface area contributed by atoms with Gasteiger partial charge in [0, 0.05) is 16.9 Å². The van der Waals surface area contributed by atoms with E-state index in [9.17, 15) is 8.42 Å². The summed E-state index contributed by atoms with van der Waals surface area (Å²) in [6, 6.07) is 4.82. The van der Waals surface area contributed by atoms with Crippen LogP contribution in [0.25, 0.3) is 0 Å². The summed E-state index contributed by atoms with van der Waals surface area (Å²) in [5.74, 6) is 0.200. The second-order valence-corrected chi connectivity index (χ2v) is 5.99.